The van der Waals surface area contributed by atoms with Crippen molar-refractivity contribution in [3.63, 3.8) is 0 Å². The van der Waals surface area contributed by atoms with Crippen LogP contribution in [0.1, 0.15) is 72.6 Å². The van der Waals surface area contributed by atoms with Gasteiger partial charge < -0.3 is 10.6 Å². The predicted molar refractivity (Wildman–Crippen MR) is 92.4 cm³/mol. The molecule has 1 heterocycles. The van der Waals surface area contributed by atoms with Crippen LogP contribution in [0.15, 0.2) is 0 Å². The summed E-state index contributed by atoms with van der Waals surface area (Å²) in [7, 11) is 0. The van der Waals surface area contributed by atoms with Gasteiger partial charge in [0.2, 0.25) is 0 Å². The highest BCUT2D eigenvalue weighted by atomic mass is 15.1. The second-order valence-electron chi connectivity index (χ2n) is 9.18. The van der Waals surface area contributed by atoms with Gasteiger partial charge in [-0.3, -0.25) is 0 Å². The summed E-state index contributed by atoms with van der Waals surface area (Å²) in [4.78, 5) is 2.75. The lowest BCUT2D eigenvalue weighted by molar-refractivity contribution is 0.0880. The quantitative estimate of drug-likeness (QED) is 0.841. The van der Waals surface area contributed by atoms with Crippen LogP contribution in [0.2, 0.25) is 0 Å². The number of likely N-dealkylation sites (tertiary alicyclic amines) is 1. The zero-order valence-electron chi connectivity index (χ0n) is 15.0. The fourth-order valence-electron chi connectivity index (χ4n) is 4.82. The Morgan fingerprint density at radius 2 is 1.86 bits per heavy atom. The molecule has 21 heavy (non-hydrogen) atoms. The summed E-state index contributed by atoms with van der Waals surface area (Å²) in [5, 5.41) is 0. The van der Waals surface area contributed by atoms with Crippen LogP contribution in [0.25, 0.3) is 0 Å². The molecule has 3 atom stereocenters. The van der Waals surface area contributed by atoms with Crippen molar-refractivity contribution < 1.29 is 0 Å². The van der Waals surface area contributed by atoms with Gasteiger partial charge in [-0.25, -0.2) is 0 Å². The molecule has 2 nitrogen and oxygen atoms in total. The third kappa shape index (κ3) is 4.69. The predicted octanol–water partition coefficient (Wildman–Crippen LogP) is 4.29. The Balaban J connectivity index is 1.93. The van der Waals surface area contributed by atoms with E-state index >= 15 is 0 Å². The van der Waals surface area contributed by atoms with Crippen LogP contribution in [0.5, 0.6) is 0 Å². The second kappa shape index (κ2) is 7.00. The van der Waals surface area contributed by atoms with Crippen LogP contribution in [0, 0.1) is 22.7 Å². The molecule has 1 saturated carbocycles. The first-order valence-corrected chi connectivity index (χ1v) is 9.27. The summed E-state index contributed by atoms with van der Waals surface area (Å²) in [6.07, 6.45) is 9.66. The van der Waals surface area contributed by atoms with Crippen molar-refractivity contribution in [3.8, 4) is 0 Å². The van der Waals surface area contributed by atoms with E-state index in [1.54, 1.807) is 0 Å². The molecule has 3 unspecified atom stereocenters. The normalized spacial score (nSPS) is 36.4. The summed E-state index contributed by atoms with van der Waals surface area (Å²) < 4.78 is 0. The molecule has 0 spiro atoms. The average Bonchev–Trinajstić information content (AvgIpc) is 2.64. The maximum atomic E-state index is 6.23. The smallest absolute Gasteiger partial charge is 0.00502 e. The van der Waals surface area contributed by atoms with E-state index in [9.17, 15) is 0 Å². The largest absolute Gasteiger partial charge is 0.330 e. The zero-order valence-corrected chi connectivity index (χ0v) is 15.0. The molecule has 1 saturated heterocycles. The highest BCUT2D eigenvalue weighted by Gasteiger charge is 2.36. The third-order valence-corrected chi connectivity index (χ3v) is 6.22. The van der Waals surface area contributed by atoms with E-state index in [0.29, 0.717) is 10.8 Å². The third-order valence-electron chi connectivity index (χ3n) is 6.22. The minimum Gasteiger partial charge on any atom is -0.330 e. The first kappa shape index (κ1) is 17.3. The van der Waals surface area contributed by atoms with Gasteiger partial charge in [0.15, 0.2) is 0 Å². The van der Waals surface area contributed by atoms with Crippen molar-refractivity contribution >= 4 is 0 Å². The lowest BCUT2D eigenvalue weighted by Gasteiger charge is -2.42. The highest BCUT2D eigenvalue weighted by molar-refractivity contribution is 4.90. The second-order valence-corrected chi connectivity index (χ2v) is 9.18. The number of nitrogens with zero attached hydrogens (tertiary/aromatic N) is 1. The van der Waals surface area contributed by atoms with E-state index in [2.05, 4.69) is 32.6 Å². The molecule has 0 radical (unpaired) electrons. The Kier molecular flexibility index (Phi) is 5.76. The van der Waals surface area contributed by atoms with Crippen LogP contribution in [-0.2, 0) is 0 Å². The van der Waals surface area contributed by atoms with Gasteiger partial charge in [-0.1, -0.05) is 40.5 Å². The van der Waals surface area contributed by atoms with Crippen molar-refractivity contribution in [3.05, 3.63) is 0 Å². The van der Waals surface area contributed by atoms with Gasteiger partial charge in [-0.2, -0.15) is 0 Å². The molecule has 1 aliphatic carbocycles. The van der Waals surface area contributed by atoms with Crippen LogP contribution >= 0.6 is 0 Å². The summed E-state index contributed by atoms with van der Waals surface area (Å²) in [5.41, 5.74) is 7.12. The molecule has 124 valence electrons. The summed E-state index contributed by atoms with van der Waals surface area (Å²) in [6.45, 7) is 14.4. The van der Waals surface area contributed by atoms with E-state index in [1.165, 1.54) is 64.6 Å². The summed E-state index contributed by atoms with van der Waals surface area (Å²) >= 11 is 0. The average molecular weight is 295 g/mol. The molecule has 0 aromatic rings. The molecular weight excluding hydrogens is 256 g/mol. The van der Waals surface area contributed by atoms with Gasteiger partial charge in [0.05, 0.1) is 0 Å². The van der Waals surface area contributed by atoms with Gasteiger partial charge in [0.25, 0.3) is 0 Å². The van der Waals surface area contributed by atoms with E-state index in [-0.39, 0.29) is 0 Å². The monoisotopic (exact) mass is 294 g/mol. The standard InChI is InChI=1S/C19H38N2/c1-16-7-5-10-19(13-16,14-20)15-21-11-6-8-17(9-12-21)18(2,3)4/h16-17H,5-15,20H2,1-4H3. The number of nitrogens with two attached hydrogens (primary N) is 1. The Morgan fingerprint density at radius 3 is 2.48 bits per heavy atom. The Hall–Kier alpha value is -0.0800. The maximum absolute atomic E-state index is 6.23. The molecule has 2 aliphatic rings. The first-order chi connectivity index (χ1) is 9.85. The molecule has 2 heteroatoms. The van der Waals surface area contributed by atoms with Crippen molar-refractivity contribution in [2.24, 2.45) is 28.4 Å². The van der Waals surface area contributed by atoms with Crippen LogP contribution in [0.3, 0.4) is 0 Å². The zero-order chi connectivity index (χ0) is 15.5. The minimum absolute atomic E-state index is 0.416. The number of rotatable bonds is 3. The van der Waals surface area contributed by atoms with E-state index in [1.807, 2.05) is 0 Å². The van der Waals surface area contributed by atoms with Crippen molar-refractivity contribution in [2.75, 3.05) is 26.2 Å². The van der Waals surface area contributed by atoms with Gasteiger partial charge in [-0.05, 0) is 74.4 Å². The van der Waals surface area contributed by atoms with Gasteiger partial charge in [0, 0.05) is 6.54 Å². The fraction of sp³-hybridized carbons (Fsp3) is 1.00. The van der Waals surface area contributed by atoms with Crippen LogP contribution in [0.4, 0.5) is 0 Å². The van der Waals surface area contributed by atoms with Gasteiger partial charge >= 0.3 is 0 Å². The maximum Gasteiger partial charge on any atom is 0.00502 e. The van der Waals surface area contributed by atoms with E-state index in [0.717, 1.165) is 18.4 Å². The summed E-state index contributed by atoms with van der Waals surface area (Å²) in [5.74, 6) is 1.76. The molecule has 0 aromatic heterocycles. The molecule has 0 aromatic carbocycles. The van der Waals surface area contributed by atoms with Gasteiger partial charge in [-0.15, -0.1) is 0 Å². The van der Waals surface area contributed by atoms with Gasteiger partial charge in [0.1, 0.15) is 0 Å². The lowest BCUT2D eigenvalue weighted by atomic mass is 9.69. The molecule has 0 amide bonds. The van der Waals surface area contributed by atoms with Crippen LogP contribution < -0.4 is 5.73 Å². The number of hydrogen-bond donors (Lipinski definition) is 1. The SMILES string of the molecule is CC1CCCC(CN)(CN2CCCC(C(C)(C)C)CC2)C1. The number of hydrogen-bond acceptors (Lipinski definition) is 2. The molecule has 1 aliphatic heterocycles. The minimum atomic E-state index is 0.416. The summed E-state index contributed by atoms with van der Waals surface area (Å²) in [6, 6.07) is 0. The Morgan fingerprint density at radius 1 is 1.10 bits per heavy atom. The molecule has 2 N–H and O–H groups in total. The lowest BCUT2D eigenvalue weighted by Crippen LogP contribution is -2.45. The van der Waals surface area contributed by atoms with E-state index < -0.39 is 0 Å². The van der Waals surface area contributed by atoms with Crippen LogP contribution in [-0.4, -0.2) is 31.1 Å². The highest BCUT2D eigenvalue weighted by Crippen LogP contribution is 2.40. The molecule has 2 rings (SSSR count). The van der Waals surface area contributed by atoms with E-state index in [4.69, 9.17) is 5.73 Å². The molecule has 0 bridgehead atoms. The van der Waals surface area contributed by atoms with Crippen molar-refractivity contribution in [1.29, 1.82) is 0 Å². The Bertz CT molecular complexity index is 320. The molecule has 2 fully saturated rings. The van der Waals surface area contributed by atoms with Crippen molar-refractivity contribution in [2.45, 2.75) is 72.6 Å². The molecular formula is C19H38N2. The Labute approximate surface area is 132 Å². The van der Waals surface area contributed by atoms with Crippen molar-refractivity contribution in [1.82, 2.24) is 4.90 Å². The fourth-order valence-corrected chi connectivity index (χ4v) is 4.82. The topological polar surface area (TPSA) is 29.3 Å². The first-order valence-electron chi connectivity index (χ1n) is 9.27.